The maximum Gasteiger partial charge on any atom is 0.304 e. The average molecular weight is 604 g/mol. The molecule has 1 saturated heterocycles. The van der Waals surface area contributed by atoms with Crippen LogP contribution < -0.4 is 4.90 Å². The Bertz CT molecular complexity index is 1330. The number of carboxylic acid groups (broad SMARTS) is 1. The first-order valence-corrected chi connectivity index (χ1v) is 18.4. The van der Waals surface area contributed by atoms with Crippen LogP contribution in [-0.4, -0.2) is 55.7 Å². The number of halogens is 2. The Morgan fingerprint density at radius 1 is 1.10 bits per heavy atom. The Labute approximate surface area is 246 Å². The molecule has 0 bridgehead atoms. The molecule has 3 atom stereocenters. The third-order valence-electron chi connectivity index (χ3n) is 8.32. The number of hydrogen-bond donors (Lipinski definition) is 1. The number of piperidine rings is 1. The third kappa shape index (κ3) is 5.56. The predicted octanol–water partition coefficient (Wildman–Crippen LogP) is 6.36. The van der Waals surface area contributed by atoms with Gasteiger partial charge < -0.3 is 14.7 Å². The molecule has 1 N–H and O–H groups in total. The molecule has 2 amide bonds. The van der Waals surface area contributed by atoms with Crippen molar-refractivity contribution in [1.82, 2.24) is 4.90 Å². The maximum absolute atomic E-state index is 14.9. The molecule has 0 aromatic heterocycles. The summed E-state index contributed by atoms with van der Waals surface area (Å²) < 4.78 is 6.08. The molecular weight excluding hydrogens is 567 g/mol. The Balaban J connectivity index is 1.65. The molecule has 40 heavy (non-hydrogen) atoms. The SMILES string of the molecule is C[Si](C)(C)CCOCN1C(=O)[C@]2(c3ccc(Cl)cc31)[C@H](c1cccc(Cl)c1)C[C@@H](CC(=O)O)C(=O)N2CC1CC1. The van der Waals surface area contributed by atoms with E-state index in [-0.39, 0.29) is 37.3 Å². The zero-order chi connectivity index (χ0) is 28.8. The lowest BCUT2D eigenvalue weighted by Gasteiger charge is -2.51. The number of ether oxygens (including phenoxy) is 1. The highest BCUT2D eigenvalue weighted by Crippen LogP contribution is 2.58. The second-order valence-electron chi connectivity index (χ2n) is 12.5. The Morgan fingerprint density at radius 2 is 1.82 bits per heavy atom. The number of rotatable bonds is 10. The van der Waals surface area contributed by atoms with Gasteiger partial charge in [0.2, 0.25) is 5.91 Å². The molecule has 2 aromatic carbocycles. The lowest BCUT2D eigenvalue weighted by atomic mass is 9.66. The smallest absolute Gasteiger partial charge is 0.304 e. The van der Waals surface area contributed by atoms with Crippen LogP contribution in [0, 0.1) is 11.8 Å². The van der Waals surface area contributed by atoms with Gasteiger partial charge in [-0.25, -0.2) is 0 Å². The second-order valence-corrected chi connectivity index (χ2v) is 19.0. The van der Waals surface area contributed by atoms with Gasteiger partial charge in [-0.2, -0.15) is 0 Å². The summed E-state index contributed by atoms with van der Waals surface area (Å²) >= 11 is 12.9. The van der Waals surface area contributed by atoms with Crippen LogP contribution in [0.2, 0.25) is 35.7 Å². The van der Waals surface area contributed by atoms with Crippen LogP contribution in [-0.2, 0) is 24.7 Å². The number of benzene rings is 2. The van der Waals surface area contributed by atoms with E-state index in [0.717, 1.165) is 24.4 Å². The van der Waals surface area contributed by atoms with Gasteiger partial charge in [-0.1, -0.05) is 61.0 Å². The molecule has 1 spiro atoms. The number of carbonyl (C=O) groups is 3. The van der Waals surface area contributed by atoms with Crippen LogP contribution in [0.5, 0.6) is 0 Å². The van der Waals surface area contributed by atoms with E-state index in [1.807, 2.05) is 24.3 Å². The van der Waals surface area contributed by atoms with Crippen molar-refractivity contribution in [3.8, 4) is 0 Å². The molecule has 1 saturated carbocycles. The van der Waals surface area contributed by atoms with Gasteiger partial charge in [-0.3, -0.25) is 19.3 Å². The second kappa shape index (κ2) is 11.1. The molecule has 0 unspecified atom stereocenters. The summed E-state index contributed by atoms with van der Waals surface area (Å²) in [6.45, 7) is 7.79. The molecule has 3 aliphatic rings. The summed E-state index contributed by atoms with van der Waals surface area (Å²) in [6.07, 6.45) is 1.86. The maximum atomic E-state index is 14.9. The van der Waals surface area contributed by atoms with Crippen molar-refractivity contribution < 1.29 is 24.2 Å². The highest BCUT2D eigenvalue weighted by Gasteiger charge is 2.64. The number of fused-ring (bicyclic) bond motifs is 2. The molecular formula is C30H36Cl2N2O5Si. The lowest BCUT2D eigenvalue weighted by molar-refractivity contribution is -0.161. The number of hydrogen-bond acceptors (Lipinski definition) is 4. The molecule has 214 valence electrons. The van der Waals surface area contributed by atoms with E-state index in [1.54, 1.807) is 28.0 Å². The Hall–Kier alpha value is -2.39. The highest BCUT2D eigenvalue weighted by molar-refractivity contribution is 6.76. The van der Waals surface area contributed by atoms with Crippen LogP contribution in [0.4, 0.5) is 5.69 Å². The van der Waals surface area contributed by atoms with Crippen LogP contribution in [0.1, 0.15) is 42.7 Å². The van der Waals surface area contributed by atoms with E-state index in [4.69, 9.17) is 27.9 Å². The van der Waals surface area contributed by atoms with E-state index in [0.29, 0.717) is 34.4 Å². The number of nitrogens with zero attached hydrogens (tertiary/aromatic N) is 2. The van der Waals surface area contributed by atoms with Crippen LogP contribution in [0.25, 0.3) is 0 Å². The van der Waals surface area contributed by atoms with Gasteiger partial charge in [0.1, 0.15) is 6.73 Å². The fraction of sp³-hybridized carbons (Fsp3) is 0.500. The van der Waals surface area contributed by atoms with Crippen molar-refractivity contribution in [3.05, 3.63) is 63.6 Å². The summed E-state index contributed by atoms with van der Waals surface area (Å²) in [5, 5.41) is 10.7. The zero-order valence-corrected chi connectivity index (χ0v) is 25.7. The minimum Gasteiger partial charge on any atom is -0.481 e. The number of carbonyl (C=O) groups excluding carboxylic acids is 2. The van der Waals surface area contributed by atoms with Crippen molar-refractivity contribution in [1.29, 1.82) is 0 Å². The normalized spacial score (nSPS) is 24.6. The molecule has 5 rings (SSSR count). The first-order chi connectivity index (χ1) is 18.9. The number of amides is 2. The van der Waals surface area contributed by atoms with Crippen LogP contribution in [0.15, 0.2) is 42.5 Å². The first kappa shape index (κ1) is 29.1. The first-order valence-electron chi connectivity index (χ1n) is 13.9. The summed E-state index contributed by atoms with van der Waals surface area (Å²) in [5.74, 6) is -2.56. The van der Waals surface area contributed by atoms with Crippen molar-refractivity contribution in [2.24, 2.45) is 11.8 Å². The fourth-order valence-electron chi connectivity index (χ4n) is 6.15. The Morgan fingerprint density at radius 3 is 2.48 bits per heavy atom. The van der Waals surface area contributed by atoms with Crippen molar-refractivity contribution in [2.45, 2.75) is 62.8 Å². The quantitative estimate of drug-likeness (QED) is 0.252. The lowest BCUT2D eigenvalue weighted by Crippen LogP contribution is -2.64. The van der Waals surface area contributed by atoms with E-state index in [9.17, 15) is 19.5 Å². The Kier molecular flexibility index (Phi) is 8.09. The van der Waals surface area contributed by atoms with Gasteiger partial charge in [0.15, 0.2) is 5.54 Å². The highest BCUT2D eigenvalue weighted by atomic mass is 35.5. The van der Waals surface area contributed by atoms with Gasteiger partial charge in [0.25, 0.3) is 5.91 Å². The number of carboxylic acids is 1. The average Bonchev–Trinajstić information content (AvgIpc) is 3.66. The molecule has 2 aliphatic heterocycles. The standard InChI is InChI=1S/C30H36Cl2N2O5Si/c1-40(2,3)12-11-39-18-33-26-16-23(32)9-10-24(26)30(29(33)38)25(20-5-4-6-22(31)13-20)14-21(15-27(35)36)28(37)34(30)17-19-7-8-19/h4-6,9-10,13,16,19,21,25H,7-8,11-12,14-15,17-18H2,1-3H3,(H,35,36)/t21-,25-,30-/m0/s1. The molecule has 1 aliphatic carbocycles. The number of aliphatic carboxylic acids is 1. The van der Waals surface area contributed by atoms with Crippen LogP contribution >= 0.6 is 23.2 Å². The molecule has 10 heteroatoms. The topological polar surface area (TPSA) is 87.1 Å². The number of likely N-dealkylation sites (tertiary alicyclic amines) is 1. The zero-order valence-electron chi connectivity index (χ0n) is 23.2. The fourth-order valence-corrected chi connectivity index (χ4v) is 7.28. The monoisotopic (exact) mass is 602 g/mol. The summed E-state index contributed by atoms with van der Waals surface area (Å²) in [4.78, 5) is 44.2. The predicted molar refractivity (Wildman–Crippen MR) is 159 cm³/mol. The van der Waals surface area contributed by atoms with Crippen molar-refractivity contribution >= 4 is 54.7 Å². The van der Waals surface area contributed by atoms with Gasteiger partial charge in [0, 0.05) is 48.7 Å². The molecule has 0 radical (unpaired) electrons. The van der Waals surface area contributed by atoms with Gasteiger partial charge in [0.05, 0.1) is 12.1 Å². The van der Waals surface area contributed by atoms with E-state index < -0.39 is 31.4 Å². The van der Waals surface area contributed by atoms with Gasteiger partial charge >= 0.3 is 5.97 Å². The van der Waals surface area contributed by atoms with Gasteiger partial charge in [-0.15, -0.1) is 0 Å². The summed E-state index contributed by atoms with van der Waals surface area (Å²) in [7, 11) is -1.35. The largest absolute Gasteiger partial charge is 0.481 e. The van der Waals surface area contributed by atoms with E-state index in [2.05, 4.69) is 19.6 Å². The summed E-state index contributed by atoms with van der Waals surface area (Å²) in [6, 6.07) is 13.7. The van der Waals surface area contributed by atoms with Crippen molar-refractivity contribution in [2.75, 3.05) is 24.8 Å². The minimum atomic E-state index is -1.36. The molecule has 2 heterocycles. The molecule has 2 fully saturated rings. The minimum absolute atomic E-state index is 0.0463. The van der Waals surface area contributed by atoms with E-state index in [1.165, 1.54) is 0 Å². The number of anilines is 1. The molecule has 2 aromatic rings. The molecule has 7 nitrogen and oxygen atoms in total. The van der Waals surface area contributed by atoms with Gasteiger partial charge in [-0.05, 0) is 61.1 Å². The third-order valence-corrected chi connectivity index (χ3v) is 10.5. The van der Waals surface area contributed by atoms with E-state index >= 15 is 0 Å². The van der Waals surface area contributed by atoms with Crippen LogP contribution in [0.3, 0.4) is 0 Å². The summed E-state index contributed by atoms with van der Waals surface area (Å²) in [5.41, 5.74) is 0.764. The van der Waals surface area contributed by atoms with Crippen molar-refractivity contribution in [3.63, 3.8) is 0 Å².